The Morgan fingerprint density at radius 2 is 2.07 bits per heavy atom. The first-order valence-corrected chi connectivity index (χ1v) is 11.3. The molecule has 0 spiro atoms. The summed E-state index contributed by atoms with van der Waals surface area (Å²) >= 11 is 0. The molecular weight excluding hydrogens is 376 g/mol. The third-order valence-electron chi connectivity index (χ3n) is 5.10. The first-order chi connectivity index (χ1) is 13.4. The molecule has 1 N–H and O–H groups in total. The fraction of sp³-hybridized carbons (Fsp3) is 0.500. The third kappa shape index (κ3) is 5.65. The number of rotatable bonds is 8. The fourth-order valence-electron chi connectivity index (χ4n) is 3.54. The topological polar surface area (TPSA) is 84.3 Å². The second-order valence-corrected chi connectivity index (χ2v) is 9.33. The highest BCUT2D eigenvalue weighted by atomic mass is 32.2. The molecule has 2 aromatic rings. The van der Waals surface area contributed by atoms with E-state index in [4.69, 9.17) is 0 Å². The standard InChI is InChI=1S/C20H28N4O3S/c1-17-4-2-5-18(14-17)15-28(26,27)24-11-6-19(7-12-24)20(25)22-8-3-10-23-13-9-21-16-23/h2,4-5,9,13-14,16,19H,3,6-8,10-12,15H2,1H3,(H,22,25). The predicted octanol–water partition coefficient (Wildman–Crippen LogP) is 1.94. The van der Waals surface area contributed by atoms with Gasteiger partial charge >= 0.3 is 0 Å². The van der Waals surface area contributed by atoms with E-state index in [9.17, 15) is 13.2 Å². The van der Waals surface area contributed by atoms with Crippen LogP contribution in [-0.2, 0) is 27.1 Å². The maximum Gasteiger partial charge on any atom is 0.223 e. The molecule has 1 saturated heterocycles. The minimum absolute atomic E-state index is 0.0137. The van der Waals surface area contributed by atoms with Crippen LogP contribution in [0.2, 0.25) is 0 Å². The van der Waals surface area contributed by atoms with Crippen molar-refractivity contribution < 1.29 is 13.2 Å². The zero-order chi connectivity index (χ0) is 20.0. The van der Waals surface area contributed by atoms with E-state index in [1.165, 1.54) is 4.31 Å². The molecule has 1 amide bonds. The molecule has 1 aliphatic heterocycles. The van der Waals surface area contributed by atoms with E-state index in [1.54, 1.807) is 12.5 Å². The van der Waals surface area contributed by atoms with E-state index in [0.29, 0.717) is 32.5 Å². The molecule has 1 aliphatic rings. The number of carbonyl (C=O) groups excluding carboxylic acids is 1. The summed E-state index contributed by atoms with van der Waals surface area (Å²) in [5, 5.41) is 2.97. The van der Waals surface area contributed by atoms with Gasteiger partial charge in [-0.15, -0.1) is 0 Å². The number of hydrogen-bond acceptors (Lipinski definition) is 4. The Hall–Kier alpha value is -2.19. The molecule has 0 saturated carbocycles. The van der Waals surface area contributed by atoms with Crippen LogP contribution in [0.4, 0.5) is 0 Å². The van der Waals surface area contributed by atoms with Crippen molar-refractivity contribution in [1.29, 1.82) is 0 Å². The van der Waals surface area contributed by atoms with Crippen molar-refractivity contribution >= 4 is 15.9 Å². The van der Waals surface area contributed by atoms with Gasteiger partial charge in [-0.05, 0) is 31.7 Å². The summed E-state index contributed by atoms with van der Waals surface area (Å²) in [5.41, 5.74) is 1.86. The average molecular weight is 405 g/mol. The van der Waals surface area contributed by atoms with Crippen molar-refractivity contribution in [3.63, 3.8) is 0 Å². The SMILES string of the molecule is Cc1cccc(CS(=O)(=O)N2CCC(C(=O)NCCCn3ccnc3)CC2)c1. The molecule has 0 aliphatic carbocycles. The molecule has 28 heavy (non-hydrogen) atoms. The van der Waals surface area contributed by atoms with Gasteiger partial charge in [0.25, 0.3) is 0 Å². The molecule has 152 valence electrons. The van der Waals surface area contributed by atoms with Gasteiger partial charge in [0.2, 0.25) is 15.9 Å². The van der Waals surface area contributed by atoms with Crippen molar-refractivity contribution in [3.8, 4) is 0 Å². The Morgan fingerprint density at radius 3 is 2.75 bits per heavy atom. The molecule has 3 rings (SSSR count). The van der Waals surface area contributed by atoms with Crippen molar-refractivity contribution in [2.45, 2.75) is 38.5 Å². The Labute approximate surface area is 166 Å². The molecule has 0 atom stereocenters. The smallest absolute Gasteiger partial charge is 0.223 e. The minimum atomic E-state index is -3.36. The number of hydrogen-bond donors (Lipinski definition) is 1. The zero-order valence-electron chi connectivity index (χ0n) is 16.3. The number of imidazole rings is 1. The average Bonchev–Trinajstić information content (AvgIpc) is 3.18. The van der Waals surface area contributed by atoms with Crippen molar-refractivity contribution in [1.82, 2.24) is 19.2 Å². The Morgan fingerprint density at radius 1 is 1.29 bits per heavy atom. The Bertz CT molecular complexity index is 873. The van der Waals surface area contributed by atoms with Crippen LogP contribution in [0.5, 0.6) is 0 Å². The highest BCUT2D eigenvalue weighted by Crippen LogP contribution is 2.22. The van der Waals surface area contributed by atoms with Crippen molar-refractivity contribution in [2.75, 3.05) is 19.6 Å². The molecule has 8 heteroatoms. The highest BCUT2D eigenvalue weighted by molar-refractivity contribution is 7.88. The van der Waals surface area contributed by atoms with Gasteiger partial charge in [0.1, 0.15) is 0 Å². The summed E-state index contributed by atoms with van der Waals surface area (Å²) < 4.78 is 28.9. The number of benzene rings is 1. The Balaban J connectivity index is 1.42. The number of amides is 1. The number of aryl methyl sites for hydroxylation is 2. The molecule has 1 aromatic heterocycles. The van der Waals surface area contributed by atoms with Crippen LogP contribution >= 0.6 is 0 Å². The van der Waals surface area contributed by atoms with E-state index in [-0.39, 0.29) is 17.6 Å². The van der Waals surface area contributed by atoms with Crippen molar-refractivity contribution in [3.05, 3.63) is 54.1 Å². The normalized spacial score (nSPS) is 16.2. The van der Waals surface area contributed by atoms with Gasteiger partial charge in [0, 0.05) is 44.5 Å². The molecule has 7 nitrogen and oxygen atoms in total. The molecule has 0 bridgehead atoms. The summed E-state index contributed by atoms with van der Waals surface area (Å²) in [5.74, 6) is -0.0696. The quantitative estimate of drug-likeness (QED) is 0.682. The zero-order valence-corrected chi connectivity index (χ0v) is 17.1. The molecule has 2 heterocycles. The van der Waals surface area contributed by atoms with Gasteiger partial charge in [-0.3, -0.25) is 4.79 Å². The van der Waals surface area contributed by atoms with Crippen molar-refractivity contribution in [2.24, 2.45) is 5.92 Å². The lowest BCUT2D eigenvalue weighted by Crippen LogP contribution is -2.43. The lowest BCUT2D eigenvalue weighted by Gasteiger charge is -2.30. The molecular formula is C20H28N4O3S. The minimum Gasteiger partial charge on any atom is -0.356 e. The second kappa shape index (κ2) is 9.34. The predicted molar refractivity (Wildman–Crippen MR) is 108 cm³/mol. The Kier molecular flexibility index (Phi) is 6.85. The monoisotopic (exact) mass is 404 g/mol. The van der Waals surface area contributed by atoms with Crippen LogP contribution in [0.3, 0.4) is 0 Å². The van der Waals surface area contributed by atoms with Gasteiger partial charge in [-0.1, -0.05) is 29.8 Å². The number of carbonyl (C=O) groups is 1. The lowest BCUT2D eigenvalue weighted by atomic mass is 9.97. The molecule has 1 fully saturated rings. The molecule has 0 radical (unpaired) electrons. The highest BCUT2D eigenvalue weighted by Gasteiger charge is 2.31. The van der Waals surface area contributed by atoms with E-state index >= 15 is 0 Å². The summed E-state index contributed by atoms with van der Waals surface area (Å²) in [6.07, 6.45) is 7.37. The second-order valence-electron chi connectivity index (χ2n) is 7.36. The van der Waals surface area contributed by atoms with E-state index in [2.05, 4.69) is 10.3 Å². The van der Waals surface area contributed by atoms with Gasteiger partial charge < -0.3 is 9.88 Å². The summed E-state index contributed by atoms with van der Waals surface area (Å²) in [7, 11) is -3.36. The van der Waals surface area contributed by atoms with Crippen LogP contribution in [0.15, 0.2) is 43.0 Å². The third-order valence-corrected chi connectivity index (χ3v) is 6.95. The molecule has 1 aromatic carbocycles. The van der Waals surface area contributed by atoms with Crippen LogP contribution < -0.4 is 5.32 Å². The maximum absolute atomic E-state index is 12.7. The van der Waals surface area contributed by atoms with Crippen LogP contribution in [0, 0.1) is 12.8 Å². The number of sulfonamides is 1. The van der Waals surface area contributed by atoms with Gasteiger partial charge in [-0.25, -0.2) is 17.7 Å². The molecule has 0 unspecified atom stereocenters. The number of aromatic nitrogens is 2. The van der Waals surface area contributed by atoms with Gasteiger partial charge in [0.15, 0.2) is 0 Å². The largest absolute Gasteiger partial charge is 0.356 e. The summed E-state index contributed by atoms with van der Waals surface area (Å²) in [4.78, 5) is 16.3. The van der Waals surface area contributed by atoms with E-state index < -0.39 is 10.0 Å². The van der Waals surface area contributed by atoms with E-state index in [1.807, 2.05) is 42.0 Å². The summed E-state index contributed by atoms with van der Waals surface area (Å²) in [6, 6.07) is 7.58. The number of nitrogens with zero attached hydrogens (tertiary/aromatic N) is 3. The maximum atomic E-state index is 12.7. The first kappa shape index (κ1) is 20.5. The number of piperidine rings is 1. The van der Waals surface area contributed by atoms with Crippen LogP contribution in [0.1, 0.15) is 30.4 Å². The van der Waals surface area contributed by atoms with Crippen LogP contribution in [-0.4, -0.2) is 47.8 Å². The van der Waals surface area contributed by atoms with Gasteiger partial charge in [0.05, 0.1) is 12.1 Å². The first-order valence-electron chi connectivity index (χ1n) is 9.71. The number of nitrogens with one attached hydrogen (secondary N) is 1. The van der Waals surface area contributed by atoms with E-state index in [0.717, 1.165) is 24.1 Å². The van der Waals surface area contributed by atoms with Crippen LogP contribution in [0.25, 0.3) is 0 Å². The fourth-order valence-corrected chi connectivity index (χ4v) is 5.09. The lowest BCUT2D eigenvalue weighted by molar-refractivity contribution is -0.126. The van der Waals surface area contributed by atoms with Gasteiger partial charge in [-0.2, -0.15) is 0 Å². The summed E-state index contributed by atoms with van der Waals surface area (Å²) in [6.45, 7) is 4.19.